The van der Waals surface area contributed by atoms with Crippen molar-refractivity contribution in [3.8, 4) is 55.6 Å². The lowest BCUT2D eigenvalue weighted by atomic mass is 9.82. The van der Waals surface area contributed by atoms with Crippen LogP contribution in [0.5, 0.6) is 0 Å². The molecule has 1 nitrogen and oxygen atoms in total. The van der Waals surface area contributed by atoms with E-state index in [1.54, 1.807) is 0 Å². The molecule has 0 heterocycles. The van der Waals surface area contributed by atoms with Crippen molar-refractivity contribution in [1.29, 1.82) is 0 Å². The number of rotatable bonds is 6. The quantitative estimate of drug-likeness (QED) is 0.166. The van der Waals surface area contributed by atoms with Crippen molar-refractivity contribution in [2.75, 3.05) is 4.90 Å². The highest BCUT2D eigenvalue weighted by Crippen LogP contribution is 2.55. The molecule has 0 N–H and O–H groups in total. The van der Waals surface area contributed by atoms with Crippen LogP contribution in [0.4, 0.5) is 17.1 Å². The van der Waals surface area contributed by atoms with Crippen LogP contribution in [0, 0.1) is 0 Å². The molecule has 0 atom stereocenters. The molecule has 8 aromatic carbocycles. The van der Waals surface area contributed by atoms with Gasteiger partial charge in [-0.1, -0.05) is 191 Å². The van der Waals surface area contributed by atoms with Crippen molar-refractivity contribution in [3.05, 3.63) is 210 Å². The molecule has 2 aliphatic carbocycles. The Kier molecular flexibility index (Phi) is 7.58. The van der Waals surface area contributed by atoms with Crippen LogP contribution >= 0.6 is 0 Å². The summed E-state index contributed by atoms with van der Waals surface area (Å²) >= 11 is 0. The van der Waals surface area contributed by atoms with E-state index in [2.05, 4.69) is 221 Å². The van der Waals surface area contributed by atoms with Crippen molar-refractivity contribution < 1.29 is 0 Å². The summed E-state index contributed by atoms with van der Waals surface area (Å²) in [5.74, 6) is 0. The fourth-order valence-corrected chi connectivity index (χ4v) is 9.52. The fourth-order valence-electron chi connectivity index (χ4n) is 9.52. The zero-order valence-corrected chi connectivity index (χ0v) is 31.8. The molecule has 0 radical (unpaired) electrons. The normalized spacial score (nSPS) is 14.1. The monoisotopic (exact) mass is 705 g/mol. The number of benzene rings is 8. The van der Waals surface area contributed by atoms with E-state index in [0.29, 0.717) is 0 Å². The summed E-state index contributed by atoms with van der Waals surface area (Å²) in [5.41, 5.74) is 21.3. The summed E-state index contributed by atoms with van der Waals surface area (Å²) in [4.78, 5) is 2.51. The third-order valence-electron chi connectivity index (χ3n) is 12.3. The van der Waals surface area contributed by atoms with Crippen LogP contribution in [0.25, 0.3) is 55.6 Å². The molecule has 0 amide bonds. The lowest BCUT2D eigenvalue weighted by molar-refractivity contribution is 0.660. The van der Waals surface area contributed by atoms with E-state index >= 15 is 0 Å². The summed E-state index contributed by atoms with van der Waals surface area (Å²) in [5, 5.41) is 0. The van der Waals surface area contributed by atoms with Crippen molar-refractivity contribution >= 4 is 17.1 Å². The number of nitrogens with zero attached hydrogens (tertiary/aromatic N) is 1. The van der Waals surface area contributed by atoms with E-state index < -0.39 is 0 Å². The van der Waals surface area contributed by atoms with E-state index in [9.17, 15) is 0 Å². The SMILES string of the molecule is CC1(C)c2ccccc2-c2cc(N(c3ccccc3-c3ccc(-c4ccccc4)cc3)c3ccccc3-c3cccc4c3-c3ccccc3C4(C)C)ccc21. The lowest BCUT2D eigenvalue weighted by Crippen LogP contribution is -2.16. The number of anilines is 3. The summed E-state index contributed by atoms with van der Waals surface area (Å²) in [7, 11) is 0. The minimum Gasteiger partial charge on any atom is -0.309 e. The van der Waals surface area contributed by atoms with Crippen molar-refractivity contribution in [3.63, 3.8) is 0 Å². The Bertz CT molecular complexity index is 2750. The van der Waals surface area contributed by atoms with Crippen molar-refractivity contribution in [2.45, 2.75) is 38.5 Å². The van der Waals surface area contributed by atoms with Gasteiger partial charge in [-0.3, -0.25) is 0 Å². The zero-order chi connectivity index (χ0) is 37.3. The minimum absolute atomic E-state index is 0.0730. The first-order chi connectivity index (χ1) is 26.8. The van der Waals surface area contributed by atoms with Gasteiger partial charge < -0.3 is 4.90 Å². The maximum Gasteiger partial charge on any atom is 0.0540 e. The summed E-state index contributed by atoms with van der Waals surface area (Å²) in [6.45, 7) is 9.44. The Morgan fingerprint density at radius 2 is 0.782 bits per heavy atom. The van der Waals surface area contributed by atoms with Crippen LogP contribution in [0.1, 0.15) is 49.9 Å². The van der Waals surface area contributed by atoms with Gasteiger partial charge in [0.15, 0.2) is 0 Å². The molecular formula is C54H43N. The molecule has 0 spiro atoms. The van der Waals surface area contributed by atoms with Gasteiger partial charge in [-0.2, -0.15) is 0 Å². The molecule has 264 valence electrons. The third kappa shape index (κ3) is 5.14. The van der Waals surface area contributed by atoms with E-state index in [1.165, 1.54) is 77.9 Å². The highest BCUT2D eigenvalue weighted by Gasteiger charge is 2.38. The van der Waals surface area contributed by atoms with E-state index in [-0.39, 0.29) is 10.8 Å². The number of hydrogen-bond acceptors (Lipinski definition) is 1. The average Bonchev–Trinajstić information content (AvgIpc) is 3.61. The van der Waals surface area contributed by atoms with Crippen LogP contribution < -0.4 is 4.90 Å². The van der Waals surface area contributed by atoms with Crippen LogP contribution in [-0.2, 0) is 10.8 Å². The zero-order valence-electron chi connectivity index (χ0n) is 31.8. The minimum atomic E-state index is -0.0880. The standard InChI is InChI=1S/C54H43N/c1-53(2)46-24-12-8-20-41(46)45-35-39(33-34-48(45)53)55(50-27-14-10-19-40(50)38-31-29-37(30-32-38)36-17-6-5-7-18-36)51-28-15-11-21-42(51)43-23-16-26-49-52(43)44-22-9-13-25-47(44)54(49,3)4/h5-35H,1-4H3. The Hall–Kier alpha value is -6.44. The molecule has 8 aromatic rings. The summed E-state index contributed by atoms with van der Waals surface area (Å²) in [6.07, 6.45) is 0. The number of hydrogen-bond donors (Lipinski definition) is 0. The molecular weight excluding hydrogens is 663 g/mol. The third-order valence-corrected chi connectivity index (χ3v) is 12.3. The summed E-state index contributed by atoms with van der Waals surface area (Å²) < 4.78 is 0. The first-order valence-electron chi connectivity index (χ1n) is 19.4. The lowest BCUT2D eigenvalue weighted by Gasteiger charge is -2.31. The Labute approximate surface area is 325 Å². The second kappa shape index (κ2) is 12.6. The molecule has 0 bridgehead atoms. The largest absolute Gasteiger partial charge is 0.309 e. The fraction of sp³-hybridized carbons (Fsp3) is 0.111. The molecule has 55 heavy (non-hydrogen) atoms. The maximum atomic E-state index is 2.51. The molecule has 2 aliphatic rings. The molecule has 1 heteroatoms. The second-order valence-corrected chi connectivity index (χ2v) is 16.1. The Morgan fingerprint density at radius 3 is 1.51 bits per heavy atom. The van der Waals surface area contributed by atoms with Gasteiger partial charge in [0.1, 0.15) is 0 Å². The molecule has 0 saturated carbocycles. The smallest absolute Gasteiger partial charge is 0.0540 e. The first-order valence-corrected chi connectivity index (χ1v) is 19.4. The van der Waals surface area contributed by atoms with Crippen LogP contribution in [0.2, 0.25) is 0 Å². The van der Waals surface area contributed by atoms with E-state index in [1.807, 2.05) is 0 Å². The molecule has 0 unspecified atom stereocenters. The summed E-state index contributed by atoms with van der Waals surface area (Å²) in [6, 6.07) is 69.5. The molecule has 0 fully saturated rings. The van der Waals surface area contributed by atoms with Gasteiger partial charge in [-0.25, -0.2) is 0 Å². The van der Waals surface area contributed by atoms with Crippen molar-refractivity contribution in [1.82, 2.24) is 0 Å². The van der Waals surface area contributed by atoms with Gasteiger partial charge in [-0.05, 0) is 91.0 Å². The molecule has 0 saturated heterocycles. The van der Waals surface area contributed by atoms with Crippen LogP contribution in [0.3, 0.4) is 0 Å². The Morgan fingerprint density at radius 1 is 0.309 bits per heavy atom. The predicted octanol–water partition coefficient (Wildman–Crippen LogP) is 14.8. The molecule has 0 aromatic heterocycles. The Balaban J connectivity index is 1.21. The van der Waals surface area contributed by atoms with E-state index in [4.69, 9.17) is 0 Å². The highest BCUT2D eigenvalue weighted by atomic mass is 15.1. The van der Waals surface area contributed by atoms with Gasteiger partial charge >= 0.3 is 0 Å². The number of fused-ring (bicyclic) bond motifs is 6. The van der Waals surface area contributed by atoms with Crippen LogP contribution in [-0.4, -0.2) is 0 Å². The van der Waals surface area contributed by atoms with Crippen LogP contribution in [0.15, 0.2) is 188 Å². The first kappa shape index (κ1) is 33.2. The molecule has 10 rings (SSSR count). The highest BCUT2D eigenvalue weighted by molar-refractivity contribution is 6.00. The van der Waals surface area contributed by atoms with Gasteiger partial charge in [-0.15, -0.1) is 0 Å². The van der Waals surface area contributed by atoms with Gasteiger partial charge in [0.05, 0.1) is 11.4 Å². The second-order valence-electron chi connectivity index (χ2n) is 16.1. The predicted molar refractivity (Wildman–Crippen MR) is 233 cm³/mol. The van der Waals surface area contributed by atoms with Gasteiger partial charge in [0.2, 0.25) is 0 Å². The van der Waals surface area contributed by atoms with Gasteiger partial charge in [0.25, 0.3) is 0 Å². The average molecular weight is 706 g/mol. The number of para-hydroxylation sites is 2. The van der Waals surface area contributed by atoms with Gasteiger partial charge in [0, 0.05) is 27.6 Å². The molecule has 0 aliphatic heterocycles. The topological polar surface area (TPSA) is 3.24 Å². The van der Waals surface area contributed by atoms with Crippen molar-refractivity contribution in [2.24, 2.45) is 0 Å². The van der Waals surface area contributed by atoms with E-state index in [0.717, 1.165) is 17.1 Å². The maximum absolute atomic E-state index is 2.51.